The number of hydrogen-bond donors (Lipinski definition) is 1. The third kappa shape index (κ3) is 1.52. The molecule has 0 saturated heterocycles. The zero-order valence-electron chi connectivity index (χ0n) is 7.76. The first-order chi connectivity index (χ1) is 5.44. The quantitative estimate of drug-likeness (QED) is 0.643. The van der Waals surface area contributed by atoms with Crippen LogP contribution in [0.3, 0.4) is 0 Å². The molecule has 1 saturated carbocycles. The van der Waals surface area contributed by atoms with Crippen LogP contribution in [0.15, 0.2) is 12.2 Å². The summed E-state index contributed by atoms with van der Waals surface area (Å²) in [5.41, 5.74) is 1.23. The minimum atomic E-state index is -0.692. The topological polar surface area (TPSA) is 37.3 Å². The van der Waals surface area contributed by atoms with Crippen LogP contribution in [0.25, 0.3) is 0 Å². The third-order valence-electron chi connectivity index (χ3n) is 3.15. The van der Waals surface area contributed by atoms with Crippen molar-refractivity contribution in [2.24, 2.45) is 11.3 Å². The number of allylic oxidation sites excluding steroid dienone is 1. The fourth-order valence-corrected chi connectivity index (χ4v) is 1.89. The second-order valence-corrected chi connectivity index (χ2v) is 4.16. The van der Waals surface area contributed by atoms with Gasteiger partial charge in [-0.1, -0.05) is 26.0 Å². The van der Waals surface area contributed by atoms with Crippen molar-refractivity contribution >= 4 is 5.97 Å². The molecule has 0 amide bonds. The van der Waals surface area contributed by atoms with Gasteiger partial charge in [0.2, 0.25) is 0 Å². The van der Waals surface area contributed by atoms with Crippen LogP contribution in [0.2, 0.25) is 0 Å². The van der Waals surface area contributed by atoms with Crippen molar-refractivity contribution in [3.8, 4) is 0 Å². The summed E-state index contributed by atoms with van der Waals surface area (Å²) >= 11 is 0. The molecule has 0 aromatic heterocycles. The molecular formula is C10H16O2. The predicted octanol–water partition coefficient (Wildman–Crippen LogP) is 2.45. The molecule has 0 aliphatic heterocycles. The highest BCUT2D eigenvalue weighted by molar-refractivity contribution is 5.67. The van der Waals surface area contributed by atoms with Gasteiger partial charge in [-0.05, 0) is 24.2 Å². The van der Waals surface area contributed by atoms with Crippen LogP contribution < -0.4 is 0 Å². The lowest BCUT2D eigenvalue weighted by Crippen LogP contribution is -2.21. The minimum Gasteiger partial charge on any atom is -0.481 e. The van der Waals surface area contributed by atoms with Crippen LogP contribution in [0.5, 0.6) is 0 Å². The van der Waals surface area contributed by atoms with Gasteiger partial charge in [0.1, 0.15) is 0 Å². The molecule has 1 aliphatic rings. The maximum absolute atomic E-state index is 10.5. The molecule has 0 spiro atoms. The Bertz CT molecular complexity index is 216. The van der Waals surface area contributed by atoms with Gasteiger partial charge >= 0.3 is 5.97 Å². The van der Waals surface area contributed by atoms with E-state index in [2.05, 4.69) is 20.4 Å². The number of carbonyl (C=O) groups is 1. The van der Waals surface area contributed by atoms with E-state index < -0.39 is 5.97 Å². The molecule has 1 unspecified atom stereocenters. The highest BCUT2D eigenvalue weighted by Gasteiger charge is 2.38. The maximum Gasteiger partial charge on any atom is 0.303 e. The van der Waals surface area contributed by atoms with Crippen molar-refractivity contribution in [1.29, 1.82) is 0 Å². The summed E-state index contributed by atoms with van der Waals surface area (Å²) in [5, 5.41) is 8.66. The van der Waals surface area contributed by atoms with E-state index in [0.717, 1.165) is 12.8 Å². The highest BCUT2D eigenvalue weighted by Crippen LogP contribution is 2.47. The lowest BCUT2D eigenvalue weighted by Gasteiger charge is -2.26. The van der Waals surface area contributed by atoms with Gasteiger partial charge in [-0.15, -0.1) is 0 Å². The van der Waals surface area contributed by atoms with Crippen molar-refractivity contribution in [2.45, 2.75) is 33.1 Å². The van der Waals surface area contributed by atoms with Crippen LogP contribution in [0, 0.1) is 11.3 Å². The Balaban J connectivity index is 2.68. The molecule has 2 nitrogen and oxygen atoms in total. The number of hydrogen-bond acceptors (Lipinski definition) is 1. The lowest BCUT2D eigenvalue weighted by molar-refractivity contribution is -0.138. The summed E-state index contributed by atoms with van der Waals surface area (Å²) in [7, 11) is 0. The Morgan fingerprint density at radius 2 is 2.33 bits per heavy atom. The average molecular weight is 168 g/mol. The lowest BCUT2D eigenvalue weighted by atomic mass is 9.78. The van der Waals surface area contributed by atoms with E-state index in [0.29, 0.717) is 0 Å². The molecule has 0 aromatic carbocycles. The molecule has 1 rings (SSSR count). The Kier molecular flexibility index (Phi) is 2.27. The normalized spacial score (nSPS) is 27.5. The van der Waals surface area contributed by atoms with E-state index in [1.807, 2.05) is 0 Å². The van der Waals surface area contributed by atoms with Crippen molar-refractivity contribution in [2.75, 3.05) is 0 Å². The van der Waals surface area contributed by atoms with Gasteiger partial charge < -0.3 is 5.11 Å². The number of rotatable bonds is 2. The van der Waals surface area contributed by atoms with Crippen LogP contribution in [0.1, 0.15) is 33.1 Å². The largest absolute Gasteiger partial charge is 0.481 e. The monoisotopic (exact) mass is 168 g/mol. The maximum atomic E-state index is 10.5. The van der Waals surface area contributed by atoms with Crippen LogP contribution in [0.4, 0.5) is 0 Å². The van der Waals surface area contributed by atoms with E-state index in [1.165, 1.54) is 5.57 Å². The number of aliphatic carboxylic acids is 1. The van der Waals surface area contributed by atoms with Gasteiger partial charge in [0.25, 0.3) is 0 Å². The Labute approximate surface area is 73.3 Å². The van der Waals surface area contributed by atoms with E-state index >= 15 is 0 Å². The van der Waals surface area contributed by atoms with Crippen molar-refractivity contribution < 1.29 is 9.90 Å². The molecule has 0 bridgehead atoms. The second-order valence-electron chi connectivity index (χ2n) is 4.16. The molecule has 0 radical (unpaired) electrons. The van der Waals surface area contributed by atoms with Crippen LogP contribution in [-0.4, -0.2) is 11.1 Å². The molecular weight excluding hydrogens is 152 g/mol. The molecule has 0 heterocycles. The number of carboxylic acids is 1. The summed E-state index contributed by atoms with van der Waals surface area (Å²) in [4.78, 5) is 10.5. The van der Waals surface area contributed by atoms with Crippen LogP contribution >= 0.6 is 0 Å². The van der Waals surface area contributed by atoms with Crippen molar-refractivity contribution in [1.82, 2.24) is 0 Å². The summed E-state index contributed by atoms with van der Waals surface area (Å²) in [5.74, 6) is -0.412. The summed E-state index contributed by atoms with van der Waals surface area (Å²) in [6.45, 7) is 8.16. The Morgan fingerprint density at radius 3 is 2.67 bits per heavy atom. The first-order valence-corrected chi connectivity index (χ1v) is 4.34. The van der Waals surface area contributed by atoms with Gasteiger partial charge in [-0.25, -0.2) is 0 Å². The van der Waals surface area contributed by atoms with Crippen LogP contribution in [-0.2, 0) is 4.79 Å². The highest BCUT2D eigenvalue weighted by atomic mass is 16.4. The van der Waals surface area contributed by atoms with E-state index in [-0.39, 0.29) is 17.8 Å². The standard InChI is InChI=1S/C10H16O2/c1-7-4-5-8(6-9(11)12)10(7,2)3/h8H,1,4-6H2,2-3H3,(H,11,12). The summed E-state index contributed by atoms with van der Waals surface area (Å²) < 4.78 is 0. The first-order valence-electron chi connectivity index (χ1n) is 4.34. The third-order valence-corrected chi connectivity index (χ3v) is 3.15. The molecule has 12 heavy (non-hydrogen) atoms. The number of carboxylic acid groups (broad SMARTS) is 1. The zero-order chi connectivity index (χ0) is 9.35. The van der Waals surface area contributed by atoms with Gasteiger partial charge in [-0.2, -0.15) is 0 Å². The Morgan fingerprint density at radius 1 is 1.75 bits per heavy atom. The van der Waals surface area contributed by atoms with Crippen molar-refractivity contribution in [3.63, 3.8) is 0 Å². The van der Waals surface area contributed by atoms with E-state index in [1.54, 1.807) is 0 Å². The SMILES string of the molecule is C=C1CCC(CC(=O)O)C1(C)C. The second kappa shape index (κ2) is 2.92. The summed E-state index contributed by atoms with van der Waals surface area (Å²) in [6.07, 6.45) is 2.26. The van der Waals surface area contributed by atoms with Gasteiger partial charge in [-0.3, -0.25) is 4.79 Å². The fourth-order valence-electron chi connectivity index (χ4n) is 1.89. The van der Waals surface area contributed by atoms with Gasteiger partial charge in [0, 0.05) is 6.42 Å². The van der Waals surface area contributed by atoms with Crippen molar-refractivity contribution in [3.05, 3.63) is 12.2 Å². The average Bonchev–Trinajstić information content (AvgIpc) is 2.15. The summed E-state index contributed by atoms with van der Waals surface area (Å²) in [6, 6.07) is 0. The fraction of sp³-hybridized carbons (Fsp3) is 0.700. The van der Waals surface area contributed by atoms with Gasteiger partial charge in [0.05, 0.1) is 0 Å². The molecule has 1 N–H and O–H groups in total. The molecule has 1 atom stereocenters. The van der Waals surface area contributed by atoms with E-state index in [9.17, 15) is 4.79 Å². The first kappa shape index (κ1) is 9.30. The molecule has 1 aliphatic carbocycles. The van der Waals surface area contributed by atoms with Gasteiger partial charge in [0.15, 0.2) is 0 Å². The Hall–Kier alpha value is -0.790. The molecule has 2 heteroatoms. The molecule has 1 fully saturated rings. The molecule has 68 valence electrons. The smallest absolute Gasteiger partial charge is 0.303 e. The minimum absolute atomic E-state index is 0.0262. The zero-order valence-corrected chi connectivity index (χ0v) is 7.76. The predicted molar refractivity (Wildman–Crippen MR) is 47.9 cm³/mol. The van der Waals surface area contributed by atoms with E-state index in [4.69, 9.17) is 5.11 Å². The molecule has 0 aromatic rings.